The molecule has 2 N–H and O–H groups in total. The number of rotatable bonds is 3. The van der Waals surface area contributed by atoms with E-state index in [0.717, 1.165) is 76.4 Å². The van der Waals surface area contributed by atoms with E-state index in [9.17, 15) is 4.79 Å². The molecule has 0 aliphatic carbocycles. The Labute approximate surface area is 186 Å². The summed E-state index contributed by atoms with van der Waals surface area (Å²) in [6.07, 6.45) is 5.82. The van der Waals surface area contributed by atoms with Crippen LogP contribution in [-0.4, -0.2) is 59.0 Å². The predicted octanol–water partition coefficient (Wildman–Crippen LogP) is 3.29. The number of benzene rings is 1. The molecule has 0 atom stereocenters. The van der Waals surface area contributed by atoms with Crippen LogP contribution in [0.1, 0.15) is 15.9 Å². The van der Waals surface area contributed by atoms with Crippen molar-refractivity contribution in [1.82, 2.24) is 25.2 Å². The maximum absolute atomic E-state index is 11.9. The summed E-state index contributed by atoms with van der Waals surface area (Å²) in [7, 11) is 2.16. The zero-order valence-electron chi connectivity index (χ0n) is 17.9. The Kier molecular flexibility index (Phi) is 4.43. The summed E-state index contributed by atoms with van der Waals surface area (Å²) >= 11 is 0. The van der Waals surface area contributed by atoms with Crippen molar-refractivity contribution in [3.63, 3.8) is 0 Å². The second-order valence-corrected chi connectivity index (χ2v) is 8.57. The molecule has 1 fully saturated rings. The van der Waals surface area contributed by atoms with Gasteiger partial charge in [-0.1, -0.05) is 6.07 Å². The van der Waals surface area contributed by atoms with Crippen LogP contribution in [0.3, 0.4) is 0 Å². The molecule has 4 aromatic rings. The number of amides is 1. The van der Waals surface area contributed by atoms with E-state index in [1.54, 1.807) is 0 Å². The smallest absolute Gasteiger partial charge is 0.251 e. The molecule has 1 aromatic carbocycles. The molecular weight excluding hydrogens is 400 g/mol. The van der Waals surface area contributed by atoms with Crippen molar-refractivity contribution >= 4 is 22.8 Å². The molecule has 32 heavy (non-hydrogen) atoms. The molecular formula is C25H24N6O. The Morgan fingerprint density at radius 1 is 0.875 bits per heavy atom. The number of piperazine rings is 1. The van der Waals surface area contributed by atoms with Crippen LogP contribution in [0, 0.1) is 0 Å². The highest BCUT2D eigenvalue weighted by molar-refractivity contribution is 6.00. The Balaban J connectivity index is 1.32. The van der Waals surface area contributed by atoms with E-state index in [4.69, 9.17) is 4.98 Å². The lowest BCUT2D eigenvalue weighted by Crippen LogP contribution is -2.44. The second kappa shape index (κ2) is 7.46. The molecule has 0 unspecified atom stereocenters. The van der Waals surface area contributed by atoms with E-state index in [1.165, 1.54) is 0 Å². The maximum Gasteiger partial charge on any atom is 0.251 e. The van der Waals surface area contributed by atoms with Crippen LogP contribution in [0.2, 0.25) is 0 Å². The van der Waals surface area contributed by atoms with Crippen LogP contribution in [-0.2, 0) is 6.54 Å². The van der Waals surface area contributed by atoms with Gasteiger partial charge in [-0.25, -0.2) is 9.97 Å². The van der Waals surface area contributed by atoms with Crippen molar-refractivity contribution in [2.45, 2.75) is 6.54 Å². The van der Waals surface area contributed by atoms with Gasteiger partial charge >= 0.3 is 0 Å². The predicted molar refractivity (Wildman–Crippen MR) is 126 cm³/mol. The summed E-state index contributed by atoms with van der Waals surface area (Å²) in [4.78, 5) is 29.2. The minimum atomic E-state index is 0.00181. The Hall–Kier alpha value is -3.71. The summed E-state index contributed by atoms with van der Waals surface area (Å²) in [5, 5.41) is 3.94. The van der Waals surface area contributed by atoms with Gasteiger partial charge in [0.25, 0.3) is 5.91 Å². The number of H-pyrrole nitrogens is 1. The van der Waals surface area contributed by atoms with Gasteiger partial charge in [-0.3, -0.25) is 4.79 Å². The fourth-order valence-electron chi connectivity index (χ4n) is 4.58. The zero-order chi connectivity index (χ0) is 21.7. The number of pyridine rings is 2. The van der Waals surface area contributed by atoms with Crippen LogP contribution in [0.25, 0.3) is 33.3 Å². The van der Waals surface area contributed by atoms with E-state index >= 15 is 0 Å². The van der Waals surface area contributed by atoms with Gasteiger partial charge in [0.15, 0.2) is 0 Å². The summed E-state index contributed by atoms with van der Waals surface area (Å²) in [5.74, 6) is 1.03. The van der Waals surface area contributed by atoms with Crippen LogP contribution in [0.15, 0.2) is 55.0 Å². The van der Waals surface area contributed by atoms with Gasteiger partial charge < -0.3 is 20.1 Å². The number of carbonyl (C=O) groups excluding carboxylic acids is 1. The SMILES string of the molecule is CN1CCN(c2ccc(-c3cnc4[nH]cc(-c5ccc6c(c5)CNC6=O)c4c3)cn2)CC1. The molecule has 3 aromatic heterocycles. The lowest BCUT2D eigenvalue weighted by Gasteiger charge is -2.33. The minimum Gasteiger partial charge on any atom is -0.354 e. The van der Waals surface area contributed by atoms with Crippen molar-refractivity contribution in [2.24, 2.45) is 0 Å². The largest absolute Gasteiger partial charge is 0.354 e. The summed E-state index contributed by atoms with van der Waals surface area (Å²) in [6.45, 7) is 4.72. The van der Waals surface area contributed by atoms with Crippen LogP contribution >= 0.6 is 0 Å². The van der Waals surface area contributed by atoms with Crippen molar-refractivity contribution in [3.05, 3.63) is 66.1 Å². The number of hydrogen-bond donors (Lipinski definition) is 2. The van der Waals surface area contributed by atoms with E-state index < -0.39 is 0 Å². The number of aromatic amines is 1. The number of fused-ring (bicyclic) bond motifs is 2. The molecule has 5 heterocycles. The molecule has 1 saturated heterocycles. The monoisotopic (exact) mass is 424 g/mol. The normalized spacial score (nSPS) is 16.4. The van der Waals surface area contributed by atoms with E-state index in [0.29, 0.717) is 6.54 Å². The van der Waals surface area contributed by atoms with Gasteiger partial charge in [-0.15, -0.1) is 0 Å². The molecule has 0 spiro atoms. The van der Waals surface area contributed by atoms with Gasteiger partial charge in [-0.2, -0.15) is 0 Å². The molecule has 0 bridgehead atoms. The lowest BCUT2D eigenvalue weighted by molar-refractivity contribution is 0.0966. The molecule has 6 rings (SSSR count). The van der Waals surface area contributed by atoms with Crippen LogP contribution < -0.4 is 10.2 Å². The molecule has 7 heteroatoms. The first-order valence-corrected chi connectivity index (χ1v) is 10.9. The summed E-state index contributed by atoms with van der Waals surface area (Å²) in [5.41, 5.74) is 6.89. The van der Waals surface area contributed by atoms with Gasteiger partial charge in [0, 0.05) is 79.0 Å². The number of anilines is 1. The zero-order valence-corrected chi connectivity index (χ0v) is 17.9. The Bertz CT molecular complexity index is 1320. The van der Waals surface area contributed by atoms with Gasteiger partial charge in [-0.05, 0) is 48.5 Å². The average Bonchev–Trinajstić information content (AvgIpc) is 3.42. The molecule has 160 valence electrons. The van der Waals surface area contributed by atoms with Crippen molar-refractivity contribution < 1.29 is 4.79 Å². The van der Waals surface area contributed by atoms with E-state index in [-0.39, 0.29) is 5.91 Å². The first-order valence-electron chi connectivity index (χ1n) is 10.9. The number of hydrogen-bond acceptors (Lipinski definition) is 5. The summed E-state index contributed by atoms with van der Waals surface area (Å²) < 4.78 is 0. The average molecular weight is 425 g/mol. The lowest BCUT2D eigenvalue weighted by atomic mass is 9.99. The number of aromatic nitrogens is 3. The highest BCUT2D eigenvalue weighted by atomic mass is 16.1. The molecule has 1 amide bonds. The van der Waals surface area contributed by atoms with Crippen molar-refractivity contribution in [2.75, 3.05) is 38.1 Å². The first-order chi connectivity index (χ1) is 15.7. The van der Waals surface area contributed by atoms with E-state index in [2.05, 4.69) is 56.4 Å². The topological polar surface area (TPSA) is 77.1 Å². The van der Waals surface area contributed by atoms with Crippen LogP contribution in [0.4, 0.5) is 5.82 Å². The highest BCUT2D eigenvalue weighted by Gasteiger charge is 2.20. The van der Waals surface area contributed by atoms with Gasteiger partial charge in [0.2, 0.25) is 0 Å². The molecule has 7 nitrogen and oxygen atoms in total. The number of likely N-dealkylation sites (N-methyl/N-ethyl adjacent to an activating group) is 1. The fourth-order valence-corrected chi connectivity index (χ4v) is 4.58. The third-order valence-electron chi connectivity index (χ3n) is 6.54. The van der Waals surface area contributed by atoms with Crippen LogP contribution in [0.5, 0.6) is 0 Å². The number of nitrogens with one attached hydrogen (secondary N) is 2. The molecule has 2 aliphatic heterocycles. The second-order valence-electron chi connectivity index (χ2n) is 8.57. The highest BCUT2D eigenvalue weighted by Crippen LogP contribution is 2.33. The third-order valence-corrected chi connectivity index (χ3v) is 6.54. The van der Waals surface area contributed by atoms with Gasteiger partial charge in [0.05, 0.1) is 0 Å². The van der Waals surface area contributed by atoms with Gasteiger partial charge in [0.1, 0.15) is 11.5 Å². The van der Waals surface area contributed by atoms with E-state index in [1.807, 2.05) is 30.7 Å². The standard InChI is InChI=1S/C25H24N6O/c1-30-6-8-31(9-7-30)23-5-3-17(12-26-23)18-11-21-22(15-28-24(21)27-13-18)16-2-4-20-19(10-16)14-29-25(20)32/h2-5,10-13,15H,6-9,14H2,1H3,(H,27,28)(H,29,32). The third kappa shape index (κ3) is 3.22. The first kappa shape index (κ1) is 19.0. The summed E-state index contributed by atoms with van der Waals surface area (Å²) in [6, 6.07) is 12.4. The minimum absolute atomic E-state index is 0.00181. The Morgan fingerprint density at radius 2 is 1.69 bits per heavy atom. The molecule has 0 radical (unpaired) electrons. The number of carbonyl (C=O) groups is 1. The quantitative estimate of drug-likeness (QED) is 0.528. The molecule has 2 aliphatic rings. The van der Waals surface area contributed by atoms with Crippen molar-refractivity contribution in [3.8, 4) is 22.3 Å². The maximum atomic E-state index is 11.9. The fraction of sp³-hybridized carbons (Fsp3) is 0.240. The Morgan fingerprint density at radius 3 is 2.50 bits per heavy atom. The molecule has 0 saturated carbocycles. The number of nitrogens with zero attached hydrogens (tertiary/aromatic N) is 4. The van der Waals surface area contributed by atoms with Crippen molar-refractivity contribution in [1.29, 1.82) is 0 Å².